The van der Waals surface area contributed by atoms with E-state index in [1.54, 1.807) is 30.5 Å². The number of carbonyl (C=O) groups excluding carboxylic acids is 1. The predicted molar refractivity (Wildman–Crippen MR) is 119 cm³/mol. The molecule has 0 saturated carbocycles. The summed E-state index contributed by atoms with van der Waals surface area (Å²) in [6.07, 6.45) is 3.75. The highest BCUT2D eigenvalue weighted by molar-refractivity contribution is 6.08. The molecule has 2 heterocycles. The molecule has 1 aliphatic rings. The third-order valence-electron chi connectivity index (χ3n) is 5.00. The van der Waals surface area contributed by atoms with Gasteiger partial charge in [-0.15, -0.1) is 0 Å². The van der Waals surface area contributed by atoms with Crippen LogP contribution in [-0.2, 0) is 0 Å². The first-order chi connectivity index (χ1) is 15.1. The molecule has 1 amide bonds. The van der Waals surface area contributed by atoms with Crippen LogP contribution in [0.25, 0.3) is 0 Å². The molecule has 2 aromatic carbocycles. The minimum Gasteiger partial charge on any atom is -0.371 e. The average molecular weight is 412 g/mol. The number of nitrogens with one attached hydrogen (secondary N) is 1. The Bertz CT molecular complexity index is 1180. The molecule has 0 aliphatic carbocycles. The maximum Gasteiger partial charge on any atom is 0.270 e. The average Bonchev–Trinajstić information content (AvgIpc) is 3.33. The van der Waals surface area contributed by atoms with E-state index in [-0.39, 0.29) is 11.6 Å². The molecular weight excluding hydrogens is 392 g/mol. The van der Waals surface area contributed by atoms with Crippen LogP contribution in [0.1, 0.15) is 34.5 Å². The van der Waals surface area contributed by atoms with Crippen molar-refractivity contribution in [3.63, 3.8) is 0 Å². The second kappa shape index (κ2) is 9.09. The van der Waals surface area contributed by atoms with Gasteiger partial charge in [-0.2, -0.15) is 0 Å². The molecule has 7 nitrogen and oxygen atoms in total. The van der Waals surface area contributed by atoms with Gasteiger partial charge in [0.05, 0.1) is 16.2 Å². The fourth-order valence-corrected chi connectivity index (χ4v) is 3.50. The third kappa shape index (κ3) is 4.87. The van der Waals surface area contributed by atoms with E-state index in [9.17, 15) is 14.9 Å². The number of benzene rings is 2. The van der Waals surface area contributed by atoms with E-state index in [4.69, 9.17) is 0 Å². The van der Waals surface area contributed by atoms with E-state index in [0.29, 0.717) is 22.6 Å². The van der Waals surface area contributed by atoms with Crippen molar-refractivity contribution in [1.29, 1.82) is 0 Å². The highest BCUT2D eigenvalue weighted by Gasteiger charge is 2.22. The molecule has 0 atom stereocenters. The molecule has 1 N–H and O–H groups in total. The number of aromatic nitrogens is 1. The van der Waals surface area contributed by atoms with Crippen molar-refractivity contribution in [2.45, 2.75) is 12.8 Å². The first kappa shape index (κ1) is 20.1. The Morgan fingerprint density at radius 3 is 2.61 bits per heavy atom. The molecule has 4 rings (SSSR count). The third-order valence-corrected chi connectivity index (χ3v) is 5.00. The van der Waals surface area contributed by atoms with Crippen LogP contribution in [0, 0.1) is 22.0 Å². The number of amides is 1. The number of pyridine rings is 1. The van der Waals surface area contributed by atoms with Crippen LogP contribution in [0.3, 0.4) is 0 Å². The molecule has 0 spiro atoms. The van der Waals surface area contributed by atoms with Gasteiger partial charge in [0.1, 0.15) is 5.69 Å². The lowest BCUT2D eigenvalue weighted by Gasteiger charge is -2.21. The van der Waals surface area contributed by atoms with Gasteiger partial charge in [0.15, 0.2) is 0 Å². The van der Waals surface area contributed by atoms with Crippen LogP contribution in [0.15, 0.2) is 66.9 Å². The SMILES string of the molecule is O=C(Nc1cccc(C#Cc2ccccn2)c1)c1cc([N+](=O)[O-])ccc1N1CCCC1. The Kier molecular flexibility index (Phi) is 5.90. The largest absolute Gasteiger partial charge is 0.371 e. The summed E-state index contributed by atoms with van der Waals surface area (Å²) in [5, 5.41) is 14.1. The van der Waals surface area contributed by atoms with Crippen LogP contribution in [0.4, 0.5) is 17.1 Å². The quantitative estimate of drug-likeness (QED) is 0.393. The molecule has 3 aromatic rings. The van der Waals surface area contributed by atoms with Crippen molar-refractivity contribution in [2.24, 2.45) is 0 Å². The van der Waals surface area contributed by atoms with Crippen LogP contribution in [0.5, 0.6) is 0 Å². The maximum atomic E-state index is 13.1. The van der Waals surface area contributed by atoms with E-state index >= 15 is 0 Å². The number of rotatable bonds is 4. The molecule has 1 aromatic heterocycles. The first-order valence-electron chi connectivity index (χ1n) is 9.98. The van der Waals surface area contributed by atoms with Crippen LogP contribution in [-0.4, -0.2) is 28.9 Å². The van der Waals surface area contributed by atoms with Crippen molar-refractivity contribution in [3.8, 4) is 11.8 Å². The molecule has 154 valence electrons. The predicted octanol–water partition coefficient (Wildman–Crippen LogP) is 4.24. The second-order valence-corrected chi connectivity index (χ2v) is 7.15. The number of hydrogen-bond donors (Lipinski definition) is 1. The number of carbonyl (C=O) groups is 1. The summed E-state index contributed by atoms with van der Waals surface area (Å²) in [5.74, 6) is 5.63. The van der Waals surface area contributed by atoms with E-state index in [0.717, 1.165) is 31.5 Å². The first-order valence-corrected chi connectivity index (χ1v) is 9.98. The summed E-state index contributed by atoms with van der Waals surface area (Å²) in [5.41, 5.74) is 2.85. The number of nitrogens with zero attached hydrogens (tertiary/aromatic N) is 3. The van der Waals surface area contributed by atoms with Gasteiger partial charge < -0.3 is 10.2 Å². The van der Waals surface area contributed by atoms with E-state index in [1.165, 1.54) is 12.1 Å². The van der Waals surface area contributed by atoms with Gasteiger partial charge in [-0.1, -0.05) is 18.1 Å². The van der Waals surface area contributed by atoms with Gasteiger partial charge in [0, 0.05) is 42.7 Å². The van der Waals surface area contributed by atoms with E-state index in [2.05, 4.69) is 27.0 Å². The second-order valence-electron chi connectivity index (χ2n) is 7.15. The Hall–Kier alpha value is -4.18. The topological polar surface area (TPSA) is 88.4 Å². The highest BCUT2D eigenvalue weighted by Crippen LogP contribution is 2.29. The summed E-state index contributed by atoms with van der Waals surface area (Å²) >= 11 is 0. The summed E-state index contributed by atoms with van der Waals surface area (Å²) in [4.78, 5) is 30.1. The van der Waals surface area contributed by atoms with Crippen molar-refractivity contribution in [2.75, 3.05) is 23.3 Å². The lowest BCUT2D eigenvalue weighted by molar-refractivity contribution is -0.384. The molecule has 0 unspecified atom stereocenters. The molecule has 1 fully saturated rings. The molecular formula is C24H20N4O3. The molecule has 1 aliphatic heterocycles. The Balaban J connectivity index is 1.59. The van der Waals surface area contributed by atoms with Gasteiger partial charge in [0.25, 0.3) is 11.6 Å². The summed E-state index contributed by atoms with van der Waals surface area (Å²) < 4.78 is 0. The Labute approximate surface area is 179 Å². The van der Waals surface area contributed by atoms with Crippen molar-refractivity contribution in [3.05, 3.63) is 93.8 Å². The maximum absolute atomic E-state index is 13.1. The molecule has 0 radical (unpaired) electrons. The Morgan fingerprint density at radius 1 is 1.03 bits per heavy atom. The van der Waals surface area contributed by atoms with E-state index in [1.807, 2.05) is 24.3 Å². The summed E-state index contributed by atoms with van der Waals surface area (Å²) in [6, 6.07) is 17.1. The minimum atomic E-state index is -0.488. The smallest absolute Gasteiger partial charge is 0.270 e. The molecule has 7 heteroatoms. The van der Waals surface area contributed by atoms with Crippen molar-refractivity contribution < 1.29 is 9.72 Å². The fraction of sp³-hybridized carbons (Fsp3) is 0.167. The zero-order chi connectivity index (χ0) is 21.6. The zero-order valence-electron chi connectivity index (χ0n) is 16.7. The van der Waals surface area contributed by atoms with Crippen molar-refractivity contribution in [1.82, 2.24) is 4.98 Å². The van der Waals surface area contributed by atoms with E-state index < -0.39 is 4.92 Å². The van der Waals surface area contributed by atoms with Gasteiger partial charge in [-0.05, 0) is 55.2 Å². The minimum absolute atomic E-state index is 0.108. The lowest BCUT2D eigenvalue weighted by Crippen LogP contribution is -2.23. The monoisotopic (exact) mass is 412 g/mol. The molecule has 31 heavy (non-hydrogen) atoms. The Morgan fingerprint density at radius 2 is 1.87 bits per heavy atom. The van der Waals surface area contributed by atoms with Crippen LogP contribution in [0.2, 0.25) is 0 Å². The van der Waals surface area contributed by atoms with Gasteiger partial charge >= 0.3 is 0 Å². The number of nitro benzene ring substituents is 1. The molecule has 1 saturated heterocycles. The normalized spacial score (nSPS) is 12.7. The zero-order valence-corrected chi connectivity index (χ0v) is 16.7. The highest BCUT2D eigenvalue weighted by atomic mass is 16.6. The van der Waals surface area contributed by atoms with Gasteiger partial charge in [-0.25, -0.2) is 4.98 Å². The van der Waals surface area contributed by atoms with Gasteiger partial charge in [-0.3, -0.25) is 14.9 Å². The van der Waals surface area contributed by atoms with Crippen LogP contribution >= 0.6 is 0 Å². The number of non-ortho nitro benzene ring substituents is 1. The molecule has 0 bridgehead atoms. The standard InChI is InChI=1S/C24H20N4O3/c29-24(22-17-21(28(30)31)11-12-23(22)27-14-3-4-15-27)26-20-8-5-6-18(16-20)9-10-19-7-1-2-13-25-19/h1-2,5-8,11-13,16-17H,3-4,14-15H2,(H,26,29). The van der Waals surface area contributed by atoms with Gasteiger partial charge in [0.2, 0.25) is 0 Å². The van der Waals surface area contributed by atoms with Crippen LogP contribution < -0.4 is 10.2 Å². The van der Waals surface area contributed by atoms with Crippen molar-refractivity contribution >= 4 is 23.0 Å². The summed E-state index contributed by atoms with van der Waals surface area (Å²) in [7, 11) is 0. The number of hydrogen-bond acceptors (Lipinski definition) is 5. The number of anilines is 2. The summed E-state index contributed by atoms with van der Waals surface area (Å²) in [6.45, 7) is 1.66. The number of nitro groups is 1. The fourth-order valence-electron chi connectivity index (χ4n) is 3.50. The lowest BCUT2D eigenvalue weighted by atomic mass is 10.1.